The highest BCUT2D eigenvalue weighted by Gasteiger charge is 2.03. The molecule has 0 N–H and O–H groups in total. The van der Waals surface area contributed by atoms with E-state index in [0.717, 1.165) is 0 Å². The van der Waals surface area contributed by atoms with E-state index in [1.165, 1.54) is 6.41 Å². The molecule has 0 rings (SSSR count). The van der Waals surface area contributed by atoms with Crippen LogP contribution < -0.4 is 0 Å². The number of carbonyl (C=O) groups excluding carboxylic acids is 1. The number of rotatable bonds is 4. The van der Waals surface area contributed by atoms with Gasteiger partial charge in [-0.25, -0.2) is 0 Å². The van der Waals surface area contributed by atoms with Crippen molar-refractivity contribution < 1.29 is 4.79 Å². The minimum Gasteiger partial charge on any atom is -0.261 e. The van der Waals surface area contributed by atoms with E-state index in [1.807, 2.05) is 13.8 Å². The van der Waals surface area contributed by atoms with Crippen LogP contribution in [-0.4, -0.2) is 18.0 Å². The lowest BCUT2D eigenvalue weighted by molar-refractivity contribution is 0.351. The molecule has 0 heterocycles. The quantitative estimate of drug-likeness (QED) is 0.318. The summed E-state index contributed by atoms with van der Waals surface area (Å²) >= 11 is 0. The number of nitrogens with zero attached hydrogens (tertiary/aromatic N) is 2. The molecule has 0 spiro atoms. The predicted molar refractivity (Wildman–Crippen MR) is 33.0 cm³/mol. The van der Waals surface area contributed by atoms with Gasteiger partial charge >= 0.3 is 6.41 Å². The first-order valence-corrected chi connectivity index (χ1v) is 2.69. The fourth-order valence-electron chi connectivity index (χ4n) is 0.433. The average Bonchev–Trinajstić information content (AvgIpc) is 1.82. The Balaban J connectivity index is 3.55. The van der Waals surface area contributed by atoms with Crippen molar-refractivity contribution in [3.05, 3.63) is 4.91 Å². The molecular weight excluding hydrogens is 120 g/mol. The van der Waals surface area contributed by atoms with E-state index in [-0.39, 0.29) is 5.92 Å². The predicted octanol–water partition coefficient (Wildman–Crippen LogP) is 0.693. The Morgan fingerprint density at radius 1 is 1.67 bits per heavy atom. The lowest BCUT2D eigenvalue weighted by Gasteiger charge is -2.06. The van der Waals surface area contributed by atoms with E-state index in [2.05, 4.69) is 5.29 Å². The monoisotopic (exact) mass is 129 g/mol. The van der Waals surface area contributed by atoms with Gasteiger partial charge in [0.15, 0.2) is 0 Å². The van der Waals surface area contributed by atoms with Gasteiger partial charge in [-0.05, 0) is 5.92 Å². The topological polar surface area (TPSA) is 49.7 Å². The maximum absolute atomic E-state index is 9.78. The molecule has 9 heavy (non-hydrogen) atoms. The minimum absolute atomic E-state index is 0.254. The number of nitroso groups, excluding NO2 is 1. The first-order valence-electron chi connectivity index (χ1n) is 2.69. The Hall–Kier alpha value is -0.930. The highest BCUT2D eigenvalue weighted by molar-refractivity contribution is 5.47. The van der Waals surface area contributed by atoms with Crippen LogP contribution in [0.1, 0.15) is 13.8 Å². The summed E-state index contributed by atoms with van der Waals surface area (Å²) < 4.78 is 0. The second-order valence-electron chi connectivity index (χ2n) is 2.15. The Kier molecular flexibility index (Phi) is 3.59. The molecule has 1 amide bonds. The molecule has 1 radical (unpaired) electrons. The second kappa shape index (κ2) is 4.00. The summed E-state index contributed by atoms with van der Waals surface area (Å²) in [6.07, 6.45) is 1.39. The van der Waals surface area contributed by atoms with Gasteiger partial charge < -0.3 is 0 Å². The molecule has 51 valence electrons. The zero-order valence-corrected chi connectivity index (χ0v) is 5.50. The molecule has 0 aliphatic rings. The van der Waals surface area contributed by atoms with Gasteiger partial charge in [0.1, 0.15) is 0 Å². The van der Waals surface area contributed by atoms with E-state index >= 15 is 0 Å². The summed E-state index contributed by atoms with van der Waals surface area (Å²) in [6, 6.07) is 0. The Morgan fingerprint density at radius 2 is 2.22 bits per heavy atom. The van der Waals surface area contributed by atoms with Crippen molar-refractivity contribution in [2.75, 3.05) is 6.54 Å². The fraction of sp³-hybridized carbons (Fsp3) is 0.800. The van der Waals surface area contributed by atoms with Crippen molar-refractivity contribution in [3.8, 4) is 0 Å². The van der Waals surface area contributed by atoms with Gasteiger partial charge in [0.2, 0.25) is 0 Å². The minimum atomic E-state index is 0.254. The van der Waals surface area contributed by atoms with Crippen molar-refractivity contribution in [2.45, 2.75) is 13.8 Å². The van der Waals surface area contributed by atoms with Crippen molar-refractivity contribution >= 4 is 6.41 Å². The highest BCUT2D eigenvalue weighted by Crippen LogP contribution is 1.94. The van der Waals surface area contributed by atoms with Crippen LogP contribution in [0, 0.1) is 10.8 Å². The van der Waals surface area contributed by atoms with Crippen molar-refractivity contribution in [3.63, 3.8) is 0 Å². The van der Waals surface area contributed by atoms with E-state index in [4.69, 9.17) is 0 Å². The molecule has 0 saturated heterocycles. The summed E-state index contributed by atoms with van der Waals surface area (Å²) in [5.41, 5.74) is 0. The van der Waals surface area contributed by atoms with Gasteiger partial charge in [0.25, 0.3) is 0 Å². The molecule has 0 bridgehead atoms. The molecule has 0 aromatic rings. The van der Waals surface area contributed by atoms with Crippen LogP contribution in [-0.2, 0) is 4.79 Å². The third-order valence-electron chi connectivity index (χ3n) is 0.742. The maximum atomic E-state index is 9.78. The van der Waals surface area contributed by atoms with E-state index in [1.54, 1.807) is 0 Å². The van der Waals surface area contributed by atoms with Crippen LogP contribution >= 0.6 is 0 Å². The van der Waals surface area contributed by atoms with Gasteiger partial charge in [-0.1, -0.05) is 13.8 Å². The van der Waals surface area contributed by atoms with Crippen LogP contribution in [0.25, 0.3) is 0 Å². The van der Waals surface area contributed by atoms with Gasteiger partial charge in [0, 0.05) is 0 Å². The van der Waals surface area contributed by atoms with Crippen LogP contribution in [0.2, 0.25) is 0 Å². The van der Waals surface area contributed by atoms with Gasteiger partial charge in [-0.15, -0.1) is 4.91 Å². The third kappa shape index (κ3) is 3.64. The zero-order chi connectivity index (χ0) is 7.28. The zero-order valence-electron chi connectivity index (χ0n) is 5.50. The third-order valence-corrected chi connectivity index (χ3v) is 0.742. The number of hydrogen-bond acceptors (Lipinski definition) is 3. The summed E-state index contributed by atoms with van der Waals surface area (Å²) in [4.78, 5) is 19.5. The average molecular weight is 129 g/mol. The van der Waals surface area contributed by atoms with Crippen molar-refractivity contribution in [2.24, 2.45) is 11.2 Å². The molecule has 4 heteroatoms. The number of hydrogen-bond donors (Lipinski definition) is 0. The van der Waals surface area contributed by atoms with Crippen LogP contribution in [0.4, 0.5) is 0 Å². The van der Waals surface area contributed by atoms with E-state index in [9.17, 15) is 9.70 Å². The van der Waals surface area contributed by atoms with Crippen LogP contribution in [0.15, 0.2) is 5.29 Å². The molecular formula is C5H9N2O2. The van der Waals surface area contributed by atoms with E-state index < -0.39 is 0 Å². The fourth-order valence-corrected chi connectivity index (χ4v) is 0.433. The first-order chi connectivity index (χ1) is 4.20. The lowest BCUT2D eigenvalue weighted by atomic mass is 10.2. The Bertz CT molecular complexity index is 95.1. The largest absolute Gasteiger partial charge is 0.336 e. The SMILES string of the molecule is CC(C)CN([C]=O)N=O. The summed E-state index contributed by atoms with van der Waals surface area (Å²) in [6.45, 7) is 4.11. The molecule has 0 saturated carbocycles. The molecule has 0 unspecified atom stereocenters. The summed E-state index contributed by atoms with van der Waals surface area (Å²) in [5, 5.41) is 3.12. The highest BCUT2D eigenvalue weighted by atomic mass is 16.3. The Labute approximate surface area is 53.8 Å². The molecule has 0 aliphatic heterocycles. The molecule has 0 aromatic heterocycles. The lowest BCUT2D eigenvalue weighted by Crippen LogP contribution is -2.19. The maximum Gasteiger partial charge on any atom is 0.336 e. The van der Waals surface area contributed by atoms with Gasteiger partial charge in [-0.2, -0.15) is 5.01 Å². The molecule has 4 nitrogen and oxygen atoms in total. The van der Waals surface area contributed by atoms with Crippen LogP contribution in [0.3, 0.4) is 0 Å². The van der Waals surface area contributed by atoms with E-state index in [0.29, 0.717) is 11.6 Å². The summed E-state index contributed by atoms with van der Waals surface area (Å²) in [7, 11) is 0. The standard InChI is InChI=1S/C5H9N2O2/c1-5(2)3-7(4-8)6-9/h5H,3H2,1-2H3. The first kappa shape index (κ1) is 8.07. The van der Waals surface area contributed by atoms with Crippen molar-refractivity contribution in [1.29, 1.82) is 0 Å². The second-order valence-corrected chi connectivity index (χ2v) is 2.15. The number of amides is 1. The molecule has 0 aromatic carbocycles. The van der Waals surface area contributed by atoms with Crippen LogP contribution in [0.5, 0.6) is 0 Å². The van der Waals surface area contributed by atoms with Gasteiger partial charge in [0.05, 0.1) is 11.8 Å². The summed E-state index contributed by atoms with van der Waals surface area (Å²) in [5.74, 6) is 0.254. The molecule has 0 atom stereocenters. The Morgan fingerprint density at radius 3 is 2.33 bits per heavy atom. The van der Waals surface area contributed by atoms with Gasteiger partial charge in [-0.3, -0.25) is 4.79 Å². The molecule has 0 aliphatic carbocycles. The smallest absolute Gasteiger partial charge is 0.261 e. The van der Waals surface area contributed by atoms with Crippen molar-refractivity contribution in [1.82, 2.24) is 5.01 Å². The molecule has 0 fully saturated rings. The normalized spacial score (nSPS) is 9.22.